The van der Waals surface area contributed by atoms with Crippen LogP contribution in [0.2, 0.25) is 0 Å². The Morgan fingerprint density at radius 1 is 0.837 bits per heavy atom. The molecule has 0 heterocycles. The van der Waals surface area contributed by atoms with Gasteiger partial charge in [0.2, 0.25) is 6.10 Å². The van der Waals surface area contributed by atoms with Crippen molar-refractivity contribution in [3.8, 4) is 0 Å². The fraction of sp³-hybridized carbons (Fsp3) is 0.568. The Bertz CT molecular complexity index is 1480. The van der Waals surface area contributed by atoms with E-state index in [0.717, 1.165) is 13.8 Å². The molecule has 0 aromatic heterocycles. The van der Waals surface area contributed by atoms with Gasteiger partial charge in [-0.1, -0.05) is 64.6 Å². The first kappa shape index (κ1) is 39.1. The topological polar surface area (TPSA) is 169 Å². The van der Waals surface area contributed by atoms with E-state index in [0.29, 0.717) is 0 Å². The van der Waals surface area contributed by atoms with Crippen molar-refractivity contribution in [1.29, 1.82) is 0 Å². The van der Waals surface area contributed by atoms with E-state index in [1.54, 1.807) is 78.0 Å². The molecule has 12 heteroatoms. The zero-order valence-corrected chi connectivity index (χ0v) is 29.6. The summed E-state index contributed by atoms with van der Waals surface area (Å²) in [4.78, 5) is 78.8. The molecule has 3 rings (SSSR count). The van der Waals surface area contributed by atoms with Crippen LogP contribution >= 0.6 is 0 Å². The lowest BCUT2D eigenvalue weighted by Gasteiger charge is -2.45. The maximum absolute atomic E-state index is 14.3. The molecular weight excluding hydrogens is 636 g/mol. The van der Waals surface area contributed by atoms with E-state index >= 15 is 0 Å². The number of ether oxygens (including phenoxy) is 5. The van der Waals surface area contributed by atoms with E-state index in [2.05, 4.69) is 6.58 Å². The maximum atomic E-state index is 14.3. The van der Waals surface area contributed by atoms with Crippen LogP contribution in [0.25, 0.3) is 0 Å². The highest BCUT2D eigenvalue weighted by Crippen LogP contribution is 2.51. The van der Waals surface area contributed by atoms with Gasteiger partial charge in [-0.3, -0.25) is 24.0 Å². The van der Waals surface area contributed by atoms with Crippen LogP contribution in [0.1, 0.15) is 79.1 Å². The average molecular weight is 685 g/mol. The number of Topliss-reactive ketones (excluding diaryl/α,β-unsaturated/α-hetero) is 1. The van der Waals surface area contributed by atoms with Gasteiger partial charge in [0.25, 0.3) is 0 Å². The molecule has 0 amide bonds. The van der Waals surface area contributed by atoms with Crippen LogP contribution in [0.5, 0.6) is 0 Å². The van der Waals surface area contributed by atoms with Crippen LogP contribution in [0.15, 0.2) is 54.6 Å². The number of hydrogen-bond acceptors (Lipinski definition) is 12. The van der Waals surface area contributed by atoms with Gasteiger partial charge in [-0.15, -0.1) is 0 Å². The minimum Gasteiger partial charge on any atom is -0.459 e. The molecule has 49 heavy (non-hydrogen) atoms. The van der Waals surface area contributed by atoms with Gasteiger partial charge in [-0.25, -0.2) is 4.79 Å². The predicted octanol–water partition coefficient (Wildman–Crippen LogP) is 4.32. The summed E-state index contributed by atoms with van der Waals surface area (Å²) >= 11 is 0. The van der Waals surface area contributed by atoms with E-state index in [4.69, 9.17) is 23.7 Å². The van der Waals surface area contributed by atoms with Crippen LogP contribution in [0, 0.1) is 29.1 Å². The Labute approximate surface area is 287 Å². The summed E-state index contributed by atoms with van der Waals surface area (Å²) in [6.45, 7) is 17.1. The lowest BCUT2D eigenvalue weighted by Crippen LogP contribution is -2.59. The molecule has 12 nitrogen and oxygen atoms in total. The monoisotopic (exact) mass is 684 g/mol. The van der Waals surface area contributed by atoms with Crippen LogP contribution in [0.4, 0.5) is 0 Å². The summed E-state index contributed by atoms with van der Waals surface area (Å²) in [7, 11) is 0. The zero-order valence-electron chi connectivity index (χ0n) is 29.6. The quantitative estimate of drug-likeness (QED) is 0.246. The molecule has 1 N–H and O–H groups in total. The summed E-state index contributed by atoms with van der Waals surface area (Å²) in [5.41, 5.74) is -3.45. The van der Waals surface area contributed by atoms with Crippen LogP contribution in [0.3, 0.4) is 0 Å². The Kier molecular flexibility index (Phi) is 12.4. The highest BCUT2D eigenvalue weighted by atomic mass is 16.6. The molecular formula is C37H48O12. The number of esters is 5. The third-order valence-electron chi connectivity index (χ3n) is 9.00. The summed E-state index contributed by atoms with van der Waals surface area (Å²) in [5, 5.41) is 12.8. The Balaban J connectivity index is 2.40. The first-order valence-corrected chi connectivity index (χ1v) is 16.3. The van der Waals surface area contributed by atoms with Crippen molar-refractivity contribution >= 4 is 35.6 Å². The van der Waals surface area contributed by atoms with Gasteiger partial charge in [0.15, 0.2) is 11.9 Å². The predicted molar refractivity (Wildman–Crippen MR) is 175 cm³/mol. The molecule has 0 aliphatic heterocycles. The summed E-state index contributed by atoms with van der Waals surface area (Å²) < 4.78 is 29.1. The number of carbonyl (C=O) groups is 6. The normalized spacial score (nSPS) is 31.4. The summed E-state index contributed by atoms with van der Waals surface area (Å²) in [6, 6.07) is 8.11. The molecule has 0 bridgehead atoms. The molecule has 1 saturated carbocycles. The number of aliphatic hydroxyl groups is 1. The second-order valence-electron chi connectivity index (χ2n) is 13.9. The second-order valence-corrected chi connectivity index (χ2v) is 13.9. The number of benzene rings is 1. The van der Waals surface area contributed by atoms with Gasteiger partial charge >= 0.3 is 29.8 Å². The number of allylic oxidation sites excluding steroid dienone is 1. The fourth-order valence-corrected chi connectivity index (χ4v) is 6.63. The van der Waals surface area contributed by atoms with E-state index in [-0.39, 0.29) is 17.6 Å². The minimum atomic E-state index is -2.06. The smallest absolute Gasteiger partial charge is 0.338 e. The van der Waals surface area contributed by atoms with E-state index in [1.165, 1.54) is 13.0 Å². The Hall–Kier alpha value is -4.32. The van der Waals surface area contributed by atoms with Gasteiger partial charge in [0.1, 0.15) is 23.9 Å². The molecule has 0 radical (unpaired) electrons. The van der Waals surface area contributed by atoms with Gasteiger partial charge in [0.05, 0.1) is 17.4 Å². The number of rotatable bonds is 7. The van der Waals surface area contributed by atoms with Gasteiger partial charge in [0, 0.05) is 37.7 Å². The van der Waals surface area contributed by atoms with E-state index in [9.17, 15) is 33.9 Å². The molecule has 268 valence electrons. The molecule has 2 aliphatic rings. The number of ketones is 1. The Morgan fingerprint density at radius 2 is 1.39 bits per heavy atom. The Morgan fingerprint density at radius 3 is 1.92 bits per heavy atom. The third kappa shape index (κ3) is 8.83. The summed E-state index contributed by atoms with van der Waals surface area (Å²) in [5.74, 6) is -8.10. The lowest BCUT2D eigenvalue weighted by atomic mass is 9.72. The highest BCUT2D eigenvalue weighted by Gasteiger charge is 2.64. The average Bonchev–Trinajstić information content (AvgIpc) is 3.26. The molecule has 0 saturated heterocycles. The van der Waals surface area contributed by atoms with Crippen LogP contribution in [-0.4, -0.2) is 76.9 Å². The van der Waals surface area contributed by atoms with E-state index < -0.39 is 101 Å². The molecule has 1 fully saturated rings. The molecule has 0 unspecified atom stereocenters. The third-order valence-corrected chi connectivity index (χ3v) is 9.00. The second kappa shape index (κ2) is 15.5. The largest absolute Gasteiger partial charge is 0.459 e. The molecule has 0 spiro atoms. The number of fused-ring (bicyclic) bond motifs is 1. The van der Waals surface area contributed by atoms with Crippen molar-refractivity contribution in [2.45, 2.75) is 105 Å². The van der Waals surface area contributed by atoms with Crippen molar-refractivity contribution in [3.63, 3.8) is 0 Å². The summed E-state index contributed by atoms with van der Waals surface area (Å²) in [6.07, 6.45) is -4.60. The van der Waals surface area contributed by atoms with Crippen molar-refractivity contribution in [2.24, 2.45) is 29.1 Å². The van der Waals surface area contributed by atoms with Gasteiger partial charge in [-0.05, 0) is 38.3 Å². The minimum absolute atomic E-state index is 0.0993. The number of carbonyl (C=O) groups excluding carboxylic acids is 6. The molecule has 9 atom stereocenters. The molecule has 1 aromatic rings. The number of hydrogen-bond donors (Lipinski definition) is 1. The molecule has 1 aromatic carbocycles. The fourth-order valence-electron chi connectivity index (χ4n) is 6.63. The SMILES string of the molecule is C=C1[C@H](OC(C)=O)[C@H]2[C@@H](OC(=O)c3ccccc3)[C@@H](C)C[C@]2(O)[C@H](OC(C)=O)[C@H](C)C=CC(C)(C)C(=O)[C@H](OC(=O)C(C)C)[C@H]1OC(C)=O. The van der Waals surface area contributed by atoms with Crippen molar-refractivity contribution in [1.82, 2.24) is 0 Å². The lowest BCUT2D eigenvalue weighted by molar-refractivity contribution is -0.193. The first-order valence-electron chi connectivity index (χ1n) is 16.3. The van der Waals surface area contributed by atoms with Gasteiger partial charge in [-0.2, -0.15) is 0 Å². The van der Waals surface area contributed by atoms with Crippen molar-refractivity contribution < 1.29 is 57.6 Å². The molecule has 2 aliphatic carbocycles. The van der Waals surface area contributed by atoms with Gasteiger partial charge < -0.3 is 28.8 Å². The van der Waals surface area contributed by atoms with Crippen molar-refractivity contribution in [3.05, 3.63) is 60.2 Å². The highest BCUT2D eigenvalue weighted by molar-refractivity contribution is 5.93. The van der Waals surface area contributed by atoms with E-state index in [1.807, 2.05) is 0 Å². The standard InChI is InChI=1S/C37H48O12/c1-19(2)34(42)49-31-30(46-24(7)39)22(5)29(45-23(6)38)27-28(48-35(43)26-14-12-11-13-15-26)21(4)18-37(27,44)33(47-25(8)40)20(3)16-17-36(9,10)32(31)41/h11-17,19-21,27-31,33,44H,5,18H2,1-4,6-10H3/t20-,21+,27-,28+,29+,30+,31-,33-,37-/m1/s1. The van der Waals surface area contributed by atoms with Crippen LogP contribution < -0.4 is 0 Å². The zero-order chi connectivity index (χ0) is 37.0. The van der Waals surface area contributed by atoms with Crippen LogP contribution in [-0.2, 0) is 47.7 Å². The first-order chi connectivity index (χ1) is 22.7. The van der Waals surface area contributed by atoms with Crippen molar-refractivity contribution in [2.75, 3.05) is 0 Å². The maximum Gasteiger partial charge on any atom is 0.338 e.